The van der Waals surface area contributed by atoms with Crippen molar-refractivity contribution in [2.24, 2.45) is 5.92 Å². The van der Waals surface area contributed by atoms with Gasteiger partial charge in [0.1, 0.15) is 5.76 Å². The van der Waals surface area contributed by atoms with E-state index in [4.69, 9.17) is 9.15 Å². The number of nitrogens with one attached hydrogen (secondary N) is 2. The highest BCUT2D eigenvalue weighted by Gasteiger charge is 2.21. The van der Waals surface area contributed by atoms with Gasteiger partial charge in [0, 0.05) is 5.69 Å². The molecule has 1 atom stereocenters. The first-order chi connectivity index (χ1) is 13.9. The molecule has 0 unspecified atom stereocenters. The van der Waals surface area contributed by atoms with Gasteiger partial charge in [-0.15, -0.1) is 0 Å². The van der Waals surface area contributed by atoms with Crippen LogP contribution in [0.3, 0.4) is 0 Å². The SMILES string of the molecule is O=C(COC(=O)[C@H]1CC=CCC1)Nc1cccc(S(=O)(=O)NCc2ccco2)c1. The average Bonchev–Trinajstić information content (AvgIpc) is 3.25. The highest BCUT2D eigenvalue weighted by molar-refractivity contribution is 7.89. The van der Waals surface area contributed by atoms with E-state index in [0.29, 0.717) is 18.6 Å². The Morgan fingerprint density at radius 1 is 1.17 bits per heavy atom. The molecule has 0 aliphatic heterocycles. The van der Waals surface area contributed by atoms with Gasteiger partial charge in [-0.2, -0.15) is 0 Å². The minimum absolute atomic E-state index is 0.00663. The topological polar surface area (TPSA) is 115 Å². The smallest absolute Gasteiger partial charge is 0.309 e. The van der Waals surface area contributed by atoms with E-state index in [0.717, 1.165) is 6.42 Å². The van der Waals surface area contributed by atoms with Crippen molar-refractivity contribution < 1.29 is 27.2 Å². The van der Waals surface area contributed by atoms with Crippen LogP contribution in [0.2, 0.25) is 0 Å². The molecule has 3 rings (SSSR count). The van der Waals surface area contributed by atoms with Gasteiger partial charge in [-0.25, -0.2) is 13.1 Å². The quantitative estimate of drug-likeness (QED) is 0.503. The molecule has 0 fully saturated rings. The first-order valence-electron chi connectivity index (χ1n) is 9.17. The summed E-state index contributed by atoms with van der Waals surface area (Å²) in [6.07, 6.45) is 7.55. The zero-order valence-electron chi connectivity index (χ0n) is 15.7. The van der Waals surface area contributed by atoms with Crippen LogP contribution >= 0.6 is 0 Å². The molecule has 0 spiro atoms. The maximum absolute atomic E-state index is 12.4. The minimum atomic E-state index is -3.79. The van der Waals surface area contributed by atoms with Crippen LogP contribution in [0, 0.1) is 5.92 Å². The summed E-state index contributed by atoms with van der Waals surface area (Å²) < 4.78 is 37.4. The molecule has 2 aromatic rings. The summed E-state index contributed by atoms with van der Waals surface area (Å²) in [5, 5.41) is 2.54. The lowest BCUT2D eigenvalue weighted by molar-refractivity contribution is -0.151. The van der Waals surface area contributed by atoms with Gasteiger partial charge in [0.2, 0.25) is 10.0 Å². The second-order valence-electron chi connectivity index (χ2n) is 6.57. The van der Waals surface area contributed by atoms with Gasteiger partial charge in [-0.3, -0.25) is 9.59 Å². The fourth-order valence-corrected chi connectivity index (χ4v) is 3.90. The molecule has 154 valence electrons. The Labute approximate surface area is 169 Å². The van der Waals surface area contributed by atoms with Crippen molar-refractivity contribution in [2.45, 2.75) is 30.7 Å². The number of amides is 1. The first kappa shape index (κ1) is 20.8. The fraction of sp³-hybridized carbons (Fsp3) is 0.300. The van der Waals surface area contributed by atoms with E-state index in [1.807, 2.05) is 12.2 Å². The van der Waals surface area contributed by atoms with Gasteiger partial charge in [0.25, 0.3) is 5.91 Å². The van der Waals surface area contributed by atoms with Crippen LogP contribution in [-0.2, 0) is 30.9 Å². The predicted molar refractivity (Wildman–Crippen MR) is 105 cm³/mol. The van der Waals surface area contributed by atoms with Crippen molar-refractivity contribution in [2.75, 3.05) is 11.9 Å². The number of furan rings is 1. The summed E-state index contributed by atoms with van der Waals surface area (Å²) in [7, 11) is -3.79. The predicted octanol–water partition coefficient (Wildman–Crippen LogP) is 2.60. The van der Waals surface area contributed by atoms with E-state index in [1.165, 1.54) is 24.5 Å². The van der Waals surface area contributed by atoms with Gasteiger partial charge in [0.05, 0.1) is 23.6 Å². The van der Waals surface area contributed by atoms with Crippen molar-refractivity contribution >= 4 is 27.6 Å². The third kappa shape index (κ3) is 6.03. The van der Waals surface area contributed by atoms with E-state index >= 15 is 0 Å². The molecular weight excluding hydrogens is 396 g/mol. The Hall–Kier alpha value is -2.91. The summed E-state index contributed by atoms with van der Waals surface area (Å²) >= 11 is 0. The molecule has 29 heavy (non-hydrogen) atoms. The monoisotopic (exact) mass is 418 g/mol. The van der Waals surface area contributed by atoms with E-state index < -0.39 is 28.5 Å². The Bertz CT molecular complexity index is 982. The molecule has 1 aromatic carbocycles. The van der Waals surface area contributed by atoms with Crippen LogP contribution < -0.4 is 10.0 Å². The largest absolute Gasteiger partial charge is 0.468 e. The van der Waals surface area contributed by atoms with Crippen molar-refractivity contribution in [3.05, 3.63) is 60.6 Å². The van der Waals surface area contributed by atoms with Crippen LogP contribution in [-0.4, -0.2) is 26.9 Å². The molecule has 0 bridgehead atoms. The number of hydrogen-bond donors (Lipinski definition) is 2. The maximum Gasteiger partial charge on any atom is 0.309 e. The molecular formula is C20H22N2O6S. The lowest BCUT2D eigenvalue weighted by Gasteiger charge is -2.16. The first-order valence-corrected chi connectivity index (χ1v) is 10.7. The third-order valence-electron chi connectivity index (χ3n) is 4.39. The summed E-state index contributed by atoms with van der Waals surface area (Å²) in [5.74, 6) is -0.680. The molecule has 2 N–H and O–H groups in total. The molecule has 1 aliphatic carbocycles. The molecule has 0 radical (unpaired) electrons. The number of hydrogen-bond acceptors (Lipinski definition) is 6. The maximum atomic E-state index is 12.4. The molecule has 0 saturated heterocycles. The zero-order chi connectivity index (χ0) is 20.7. The Morgan fingerprint density at radius 2 is 2.03 bits per heavy atom. The number of benzene rings is 1. The fourth-order valence-electron chi connectivity index (χ4n) is 2.86. The number of sulfonamides is 1. The van der Waals surface area contributed by atoms with Crippen LogP contribution in [0.25, 0.3) is 0 Å². The second-order valence-corrected chi connectivity index (χ2v) is 8.34. The Balaban J connectivity index is 1.53. The number of carbonyl (C=O) groups is 2. The molecule has 1 amide bonds. The van der Waals surface area contributed by atoms with Gasteiger partial charge < -0.3 is 14.5 Å². The van der Waals surface area contributed by atoms with Crippen molar-refractivity contribution in [1.29, 1.82) is 0 Å². The summed E-state index contributed by atoms with van der Waals surface area (Å²) in [4.78, 5) is 24.0. The van der Waals surface area contributed by atoms with Crippen LogP contribution in [0.15, 0.2) is 64.1 Å². The number of rotatable bonds is 8. The highest BCUT2D eigenvalue weighted by atomic mass is 32.2. The summed E-state index contributed by atoms with van der Waals surface area (Å²) in [5.41, 5.74) is 0.285. The van der Waals surface area contributed by atoms with Crippen LogP contribution in [0.4, 0.5) is 5.69 Å². The van der Waals surface area contributed by atoms with Gasteiger partial charge in [-0.05, 0) is 49.6 Å². The van der Waals surface area contributed by atoms with E-state index in [1.54, 1.807) is 18.2 Å². The minimum Gasteiger partial charge on any atom is -0.468 e. The van der Waals surface area contributed by atoms with Crippen molar-refractivity contribution in [1.82, 2.24) is 4.72 Å². The summed E-state index contributed by atoms with van der Waals surface area (Å²) in [6.45, 7) is -0.412. The average molecular weight is 418 g/mol. The number of allylic oxidation sites excluding steroid dienone is 2. The van der Waals surface area contributed by atoms with Crippen molar-refractivity contribution in [3.8, 4) is 0 Å². The molecule has 1 heterocycles. The Kier molecular flexibility index (Phi) is 6.84. The standard InChI is InChI=1S/C20H22N2O6S/c23-19(14-28-20(24)15-6-2-1-3-7-15)22-16-8-4-10-18(12-16)29(25,26)21-13-17-9-5-11-27-17/h1-2,4-5,8-12,15,21H,3,6-7,13-14H2,(H,22,23)/t15-/m0/s1. The van der Waals surface area contributed by atoms with E-state index in [9.17, 15) is 18.0 Å². The normalized spacial score (nSPS) is 16.3. The molecule has 1 aromatic heterocycles. The van der Waals surface area contributed by atoms with E-state index in [2.05, 4.69) is 10.0 Å². The van der Waals surface area contributed by atoms with Gasteiger partial charge >= 0.3 is 5.97 Å². The Morgan fingerprint density at radius 3 is 2.76 bits per heavy atom. The zero-order valence-corrected chi connectivity index (χ0v) is 16.5. The molecule has 0 saturated carbocycles. The third-order valence-corrected chi connectivity index (χ3v) is 5.79. The number of ether oxygens (including phenoxy) is 1. The number of carbonyl (C=O) groups excluding carboxylic acids is 2. The highest BCUT2D eigenvalue weighted by Crippen LogP contribution is 2.20. The number of esters is 1. The number of anilines is 1. The van der Waals surface area contributed by atoms with Gasteiger partial charge in [-0.1, -0.05) is 18.2 Å². The second kappa shape index (κ2) is 9.53. The molecule has 9 heteroatoms. The van der Waals surface area contributed by atoms with Crippen LogP contribution in [0.1, 0.15) is 25.0 Å². The summed E-state index contributed by atoms with van der Waals surface area (Å²) in [6, 6.07) is 9.13. The van der Waals surface area contributed by atoms with Crippen molar-refractivity contribution in [3.63, 3.8) is 0 Å². The van der Waals surface area contributed by atoms with Gasteiger partial charge in [0.15, 0.2) is 6.61 Å². The van der Waals surface area contributed by atoms with E-state index in [-0.39, 0.29) is 23.0 Å². The molecule has 1 aliphatic rings. The lowest BCUT2D eigenvalue weighted by atomic mass is 9.95. The van der Waals surface area contributed by atoms with Crippen LogP contribution in [0.5, 0.6) is 0 Å². The lowest BCUT2D eigenvalue weighted by Crippen LogP contribution is -2.25. The molecule has 8 nitrogen and oxygen atoms in total.